The highest BCUT2D eigenvalue weighted by Gasteiger charge is 2.09. The summed E-state index contributed by atoms with van der Waals surface area (Å²) in [5, 5.41) is 0.901. The molecule has 1 N–H and O–H groups in total. The highest BCUT2D eigenvalue weighted by Crippen LogP contribution is 2.34. The molecule has 0 amide bonds. The van der Waals surface area contributed by atoms with Gasteiger partial charge in [0.25, 0.3) is 0 Å². The third-order valence-corrected chi connectivity index (χ3v) is 2.37. The Balaban J connectivity index is 2.84. The van der Waals surface area contributed by atoms with Crippen LogP contribution in [0.2, 0.25) is 0 Å². The normalized spacial score (nSPS) is 10.0. The number of aromatic amines is 1. The van der Waals surface area contributed by atoms with Gasteiger partial charge in [0.05, 0.1) is 12.6 Å². The van der Waals surface area contributed by atoms with Gasteiger partial charge in [-0.25, -0.2) is 4.79 Å². The predicted molar refractivity (Wildman–Crippen MR) is 57.4 cm³/mol. The number of aryl methyl sites for hydroxylation is 1. The van der Waals surface area contributed by atoms with Crippen LogP contribution in [-0.4, -0.2) is 18.2 Å². The van der Waals surface area contributed by atoms with E-state index >= 15 is 0 Å². The second kappa shape index (κ2) is 3.59. The number of aliphatic imine (C=N–C) groups is 1. The van der Waals surface area contributed by atoms with Gasteiger partial charge in [-0.15, -0.1) is 0 Å². The number of benzene rings is 1. The number of nitrogens with one attached hydrogen (secondary N) is 1. The number of rotatable bonds is 2. The third kappa shape index (κ3) is 1.41. The van der Waals surface area contributed by atoms with E-state index in [1.54, 1.807) is 19.4 Å². The summed E-state index contributed by atoms with van der Waals surface area (Å²) in [6.07, 6.45) is 3.21. The van der Waals surface area contributed by atoms with Crippen molar-refractivity contribution < 1.29 is 9.53 Å². The molecule has 4 nitrogen and oxygen atoms in total. The van der Waals surface area contributed by atoms with E-state index in [2.05, 4.69) is 9.98 Å². The first-order valence-electron chi connectivity index (χ1n) is 4.50. The van der Waals surface area contributed by atoms with E-state index in [-0.39, 0.29) is 0 Å². The van der Waals surface area contributed by atoms with Crippen molar-refractivity contribution in [3.05, 3.63) is 23.9 Å². The highest BCUT2D eigenvalue weighted by atomic mass is 16.5. The van der Waals surface area contributed by atoms with Gasteiger partial charge in [0.15, 0.2) is 0 Å². The van der Waals surface area contributed by atoms with E-state index in [4.69, 9.17) is 4.74 Å². The highest BCUT2D eigenvalue weighted by molar-refractivity contribution is 5.97. The van der Waals surface area contributed by atoms with Crippen LogP contribution in [0.25, 0.3) is 10.9 Å². The number of carbonyl (C=O) groups excluding carboxylic acids is 1. The minimum atomic E-state index is 0.594. The van der Waals surface area contributed by atoms with Crippen LogP contribution in [0.15, 0.2) is 23.3 Å². The first-order valence-corrected chi connectivity index (χ1v) is 4.50. The van der Waals surface area contributed by atoms with Crippen molar-refractivity contribution in [2.45, 2.75) is 6.92 Å². The second-order valence-electron chi connectivity index (χ2n) is 3.21. The van der Waals surface area contributed by atoms with Crippen molar-refractivity contribution in [1.82, 2.24) is 4.98 Å². The number of nitrogens with zero attached hydrogens (tertiary/aromatic N) is 1. The largest absolute Gasteiger partial charge is 0.495 e. The molecule has 0 saturated heterocycles. The standard InChI is InChI=1S/C11H10N2O2/c1-7-3-4-9(15-2)11-10(7)8(5-12-11)13-6-14/h3-5,12H,1-2H3. The van der Waals surface area contributed by atoms with Gasteiger partial charge in [-0.1, -0.05) is 6.07 Å². The van der Waals surface area contributed by atoms with Gasteiger partial charge in [0.1, 0.15) is 11.4 Å². The zero-order chi connectivity index (χ0) is 10.8. The number of aromatic nitrogens is 1. The molecule has 0 spiro atoms. The molecule has 76 valence electrons. The SMILES string of the molecule is COc1ccc(C)c2c(N=C=O)c[nH]c12. The van der Waals surface area contributed by atoms with Crippen LogP contribution >= 0.6 is 0 Å². The lowest BCUT2D eigenvalue weighted by atomic mass is 10.1. The van der Waals surface area contributed by atoms with Crippen LogP contribution < -0.4 is 4.74 Å². The van der Waals surface area contributed by atoms with Gasteiger partial charge >= 0.3 is 0 Å². The molecule has 0 atom stereocenters. The van der Waals surface area contributed by atoms with E-state index in [1.165, 1.54) is 0 Å². The molecule has 0 bridgehead atoms. The lowest BCUT2D eigenvalue weighted by Gasteiger charge is -2.03. The Hall–Kier alpha value is -2.06. The monoisotopic (exact) mass is 202 g/mol. The molecule has 15 heavy (non-hydrogen) atoms. The van der Waals surface area contributed by atoms with E-state index in [0.29, 0.717) is 5.69 Å². The molecular formula is C11H10N2O2. The molecule has 0 unspecified atom stereocenters. The smallest absolute Gasteiger partial charge is 0.240 e. The van der Waals surface area contributed by atoms with Crippen LogP contribution in [-0.2, 0) is 4.79 Å². The molecule has 0 fully saturated rings. The number of hydrogen-bond acceptors (Lipinski definition) is 3. The van der Waals surface area contributed by atoms with Crippen molar-refractivity contribution in [3.8, 4) is 5.75 Å². The summed E-state index contributed by atoms with van der Waals surface area (Å²) < 4.78 is 5.20. The molecular weight excluding hydrogens is 192 g/mol. The van der Waals surface area contributed by atoms with Crippen LogP contribution in [0.1, 0.15) is 5.56 Å². The van der Waals surface area contributed by atoms with E-state index < -0.39 is 0 Å². The van der Waals surface area contributed by atoms with Crippen molar-refractivity contribution in [3.63, 3.8) is 0 Å². The minimum Gasteiger partial charge on any atom is -0.495 e. The van der Waals surface area contributed by atoms with E-state index in [1.807, 2.05) is 19.1 Å². The van der Waals surface area contributed by atoms with Gasteiger partial charge in [-0.2, -0.15) is 4.99 Å². The zero-order valence-corrected chi connectivity index (χ0v) is 8.50. The Morgan fingerprint density at radius 2 is 2.27 bits per heavy atom. The Morgan fingerprint density at radius 3 is 2.93 bits per heavy atom. The van der Waals surface area contributed by atoms with Crippen LogP contribution in [0.4, 0.5) is 5.69 Å². The van der Waals surface area contributed by atoms with Crippen LogP contribution in [0.3, 0.4) is 0 Å². The van der Waals surface area contributed by atoms with Crippen LogP contribution in [0.5, 0.6) is 5.75 Å². The average molecular weight is 202 g/mol. The number of hydrogen-bond donors (Lipinski definition) is 1. The topological polar surface area (TPSA) is 54.4 Å². The number of fused-ring (bicyclic) bond motifs is 1. The summed E-state index contributed by atoms with van der Waals surface area (Å²) >= 11 is 0. The number of methoxy groups -OCH3 is 1. The molecule has 2 aromatic rings. The molecule has 1 aromatic heterocycles. The first kappa shape index (κ1) is 9.49. The number of isocyanates is 1. The molecule has 0 radical (unpaired) electrons. The van der Waals surface area contributed by atoms with Gasteiger partial charge in [-0.05, 0) is 18.6 Å². The fourth-order valence-electron chi connectivity index (χ4n) is 1.68. The van der Waals surface area contributed by atoms with Gasteiger partial charge in [-0.3, -0.25) is 0 Å². The maximum absolute atomic E-state index is 10.2. The summed E-state index contributed by atoms with van der Waals surface area (Å²) in [4.78, 5) is 16.9. The molecule has 0 aliphatic carbocycles. The zero-order valence-electron chi connectivity index (χ0n) is 8.50. The van der Waals surface area contributed by atoms with Crippen molar-refractivity contribution >= 4 is 22.7 Å². The number of ether oxygens (including phenoxy) is 1. The van der Waals surface area contributed by atoms with Gasteiger partial charge in [0.2, 0.25) is 6.08 Å². The Morgan fingerprint density at radius 1 is 1.47 bits per heavy atom. The summed E-state index contributed by atoms with van der Waals surface area (Å²) in [6, 6.07) is 3.81. The summed E-state index contributed by atoms with van der Waals surface area (Å²) in [7, 11) is 1.60. The Bertz CT molecular complexity index is 551. The maximum Gasteiger partial charge on any atom is 0.240 e. The number of H-pyrrole nitrogens is 1. The van der Waals surface area contributed by atoms with Crippen molar-refractivity contribution in [2.75, 3.05) is 7.11 Å². The van der Waals surface area contributed by atoms with Gasteiger partial charge < -0.3 is 9.72 Å². The summed E-state index contributed by atoms with van der Waals surface area (Å²) in [5.74, 6) is 0.739. The average Bonchev–Trinajstić information content (AvgIpc) is 2.64. The first-order chi connectivity index (χ1) is 7.27. The minimum absolute atomic E-state index is 0.594. The molecule has 4 heteroatoms. The van der Waals surface area contributed by atoms with Crippen molar-refractivity contribution in [1.29, 1.82) is 0 Å². The molecule has 0 saturated carbocycles. The van der Waals surface area contributed by atoms with Crippen molar-refractivity contribution in [2.24, 2.45) is 4.99 Å². The molecule has 0 aliphatic rings. The lowest BCUT2D eigenvalue weighted by Crippen LogP contribution is -1.85. The fourth-order valence-corrected chi connectivity index (χ4v) is 1.68. The van der Waals surface area contributed by atoms with E-state index in [9.17, 15) is 4.79 Å². The van der Waals surface area contributed by atoms with Gasteiger partial charge in [0, 0.05) is 11.6 Å². The second-order valence-corrected chi connectivity index (χ2v) is 3.21. The maximum atomic E-state index is 10.2. The Kier molecular flexibility index (Phi) is 2.27. The molecule has 0 aliphatic heterocycles. The molecule has 1 heterocycles. The lowest BCUT2D eigenvalue weighted by molar-refractivity contribution is 0.419. The van der Waals surface area contributed by atoms with Crippen LogP contribution in [0, 0.1) is 6.92 Å². The molecule has 2 rings (SSSR count). The summed E-state index contributed by atoms with van der Waals surface area (Å²) in [6.45, 7) is 1.96. The Labute approximate surface area is 86.6 Å². The predicted octanol–water partition coefficient (Wildman–Crippen LogP) is 2.45. The summed E-state index contributed by atoms with van der Waals surface area (Å²) in [5.41, 5.74) is 2.49. The fraction of sp³-hybridized carbons (Fsp3) is 0.182. The molecule has 1 aromatic carbocycles. The van der Waals surface area contributed by atoms with E-state index in [0.717, 1.165) is 22.2 Å². The third-order valence-electron chi connectivity index (χ3n) is 2.37. The quantitative estimate of drug-likeness (QED) is 0.600.